The summed E-state index contributed by atoms with van der Waals surface area (Å²) in [5.74, 6) is -0.0825. The van der Waals surface area contributed by atoms with Crippen molar-refractivity contribution < 1.29 is 62.6 Å². The third-order valence-corrected chi connectivity index (χ3v) is 7.85. The Bertz CT molecular complexity index is 1090. The topological polar surface area (TPSA) is 187 Å². The van der Waals surface area contributed by atoms with Gasteiger partial charge in [-0.1, -0.05) is 90.4 Å². The summed E-state index contributed by atoms with van der Waals surface area (Å²) in [5, 5.41) is 9.53. The van der Waals surface area contributed by atoms with E-state index in [0.29, 0.717) is 19.6 Å². The van der Waals surface area contributed by atoms with Crippen LogP contribution in [0.3, 0.4) is 0 Å². The Morgan fingerprint density at radius 2 is 1.53 bits per heavy atom. The number of unbranched alkanes of at least 4 members (excludes halogenated alkanes) is 13. The van der Waals surface area contributed by atoms with Crippen molar-refractivity contribution in [3.05, 3.63) is 16.7 Å². The number of nitrogens with two attached hydrogens (primary N) is 1. The van der Waals surface area contributed by atoms with Crippen LogP contribution in [0.25, 0.3) is 11.2 Å². The first-order valence-electron chi connectivity index (χ1n) is 15.5. The number of phosphoric acid groups is 1. The van der Waals surface area contributed by atoms with Crippen LogP contribution in [0.2, 0.25) is 0 Å². The Labute approximate surface area is 277 Å². The quantitative estimate of drug-likeness (QED) is 0.0729. The first kappa shape index (κ1) is 40.2. The number of H-pyrrole nitrogens is 1. The molecule has 0 fully saturated rings. The second-order valence-electron chi connectivity index (χ2n) is 10.6. The van der Waals surface area contributed by atoms with Crippen molar-refractivity contribution in [1.82, 2.24) is 19.5 Å². The third kappa shape index (κ3) is 18.0. The molecule has 0 spiro atoms. The number of aromatic amines is 1. The Hall–Kier alpha value is -0.860. The van der Waals surface area contributed by atoms with E-state index in [0.717, 1.165) is 12.8 Å². The van der Waals surface area contributed by atoms with Crippen LogP contribution in [-0.4, -0.2) is 63.8 Å². The van der Waals surface area contributed by atoms with Crippen molar-refractivity contribution in [2.45, 2.75) is 116 Å². The molecule has 0 aromatic carbocycles. The number of nitrogen functional groups attached to an aromatic ring is 1. The normalized spacial score (nSPS) is 13.7. The van der Waals surface area contributed by atoms with Gasteiger partial charge in [0, 0.05) is 13.2 Å². The number of hydrogen-bond donors (Lipinski definition) is 3. The average molecular weight is 640 g/mol. The smallest absolute Gasteiger partial charge is 0.756 e. The van der Waals surface area contributed by atoms with Gasteiger partial charge >= 0.3 is 29.6 Å². The molecule has 0 amide bonds. The van der Waals surface area contributed by atoms with Gasteiger partial charge in [-0.2, -0.15) is 4.98 Å². The minimum absolute atomic E-state index is 0. The molecule has 0 aliphatic heterocycles. The van der Waals surface area contributed by atoms with Gasteiger partial charge in [-0.25, -0.2) is 4.98 Å². The molecule has 2 atom stereocenters. The number of anilines is 1. The number of aliphatic hydroxyl groups excluding tert-OH is 1. The van der Waals surface area contributed by atoms with Crippen LogP contribution in [0.1, 0.15) is 103 Å². The minimum atomic E-state index is -4.58. The summed E-state index contributed by atoms with van der Waals surface area (Å²) in [7, 11) is -4.58. The molecule has 0 saturated heterocycles. The van der Waals surface area contributed by atoms with E-state index in [2.05, 4.69) is 21.9 Å². The Morgan fingerprint density at radius 1 is 0.953 bits per heavy atom. The third-order valence-electron chi connectivity index (χ3n) is 6.89. The number of fused-ring (bicyclic) bond motifs is 1. The average Bonchev–Trinajstić information content (AvgIpc) is 3.37. The second kappa shape index (κ2) is 24.4. The minimum Gasteiger partial charge on any atom is -0.756 e. The number of nitrogens with one attached hydrogen (secondary N) is 1. The summed E-state index contributed by atoms with van der Waals surface area (Å²) in [4.78, 5) is 34.2. The fraction of sp³-hybridized carbons (Fsp3) is 0.821. The van der Waals surface area contributed by atoms with E-state index < -0.39 is 32.7 Å². The van der Waals surface area contributed by atoms with Crippen LogP contribution in [0.15, 0.2) is 11.1 Å². The fourth-order valence-corrected chi connectivity index (χ4v) is 5.23. The van der Waals surface area contributed by atoms with E-state index in [-0.39, 0.29) is 60.0 Å². The Balaban J connectivity index is 0.00000924. The predicted molar refractivity (Wildman–Crippen MR) is 160 cm³/mol. The first-order chi connectivity index (χ1) is 20.4. The van der Waals surface area contributed by atoms with Crippen molar-refractivity contribution >= 4 is 24.9 Å². The van der Waals surface area contributed by atoms with E-state index in [9.17, 15) is 19.4 Å². The molecule has 2 aromatic rings. The number of ether oxygens (including phenoxy) is 2. The first-order valence-corrected chi connectivity index (χ1v) is 16.9. The molecule has 0 saturated carbocycles. The fourth-order valence-electron chi connectivity index (χ4n) is 4.45. The molecule has 2 heterocycles. The maximum atomic E-state index is 12.0. The van der Waals surface area contributed by atoms with Crippen LogP contribution in [0, 0.1) is 0 Å². The Kier molecular flexibility index (Phi) is 22.8. The van der Waals surface area contributed by atoms with E-state index in [4.69, 9.17) is 24.3 Å². The molecule has 15 heteroatoms. The second-order valence-corrected chi connectivity index (χ2v) is 12.0. The molecule has 2 unspecified atom stereocenters. The van der Waals surface area contributed by atoms with Crippen LogP contribution in [0.4, 0.5) is 5.95 Å². The van der Waals surface area contributed by atoms with E-state index in [1.807, 2.05) is 0 Å². The van der Waals surface area contributed by atoms with Crippen LogP contribution in [0.5, 0.6) is 0 Å². The molecule has 2 aromatic heterocycles. The van der Waals surface area contributed by atoms with Crippen molar-refractivity contribution in [2.75, 3.05) is 38.8 Å². The van der Waals surface area contributed by atoms with Gasteiger partial charge in [0.2, 0.25) is 5.95 Å². The number of phosphoric ester groups is 1. The zero-order chi connectivity index (χ0) is 30.5. The van der Waals surface area contributed by atoms with E-state index >= 15 is 0 Å². The predicted octanol–water partition coefficient (Wildman–Crippen LogP) is 1.43. The molecule has 0 aliphatic rings. The van der Waals surface area contributed by atoms with Crippen LogP contribution >= 0.6 is 7.82 Å². The summed E-state index contributed by atoms with van der Waals surface area (Å²) >= 11 is 0. The summed E-state index contributed by atoms with van der Waals surface area (Å²) in [6.07, 6.45) is 19.1. The largest absolute Gasteiger partial charge is 1.00 e. The van der Waals surface area contributed by atoms with Crippen molar-refractivity contribution in [3.63, 3.8) is 0 Å². The summed E-state index contributed by atoms with van der Waals surface area (Å²) in [5.41, 5.74) is 5.33. The monoisotopic (exact) mass is 639 g/mol. The van der Waals surface area contributed by atoms with Gasteiger partial charge in [-0.3, -0.25) is 18.9 Å². The number of rotatable bonds is 27. The molecule has 2 rings (SSSR count). The zero-order valence-electron chi connectivity index (χ0n) is 26.2. The van der Waals surface area contributed by atoms with Gasteiger partial charge in [0.1, 0.15) is 12.8 Å². The molecule has 13 nitrogen and oxygen atoms in total. The van der Waals surface area contributed by atoms with E-state index in [1.54, 1.807) is 0 Å². The van der Waals surface area contributed by atoms with Gasteiger partial charge in [0.15, 0.2) is 11.2 Å². The van der Waals surface area contributed by atoms with Gasteiger partial charge in [0.05, 0.1) is 26.1 Å². The molecule has 0 aliphatic carbocycles. The molecular weight excluding hydrogens is 588 g/mol. The van der Waals surface area contributed by atoms with Crippen molar-refractivity contribution in [2.24, 2.45) is 0 Å². The molecule has 242 valence electrons. The molecule has 0 bridgehead atoms. The van der Waals surface area contributed by atoms with Crippen molar-refractivity contribution in [3.8, 4) is 0 Å². The zero-order valence-corrected chi connectivity index (χ0v) is 29.1. The van der Waals surface area contributed by atoms with Gasteiger partial charge in [-0.05, 0) is 12.8 Å². The number of hydrogen-bond acceptors (Lipinski definition) is 11. The van der Waals surface area contributed by atoms with Gasteiger partial charge in [0.25, 0.3) is 13.4 Å². The van der Waals surface area contributed by atoms with Gasteiger partial charge in [-0.15, -0.1) is 0 Å². The molecule has 43 heavy (non-hydrogen) atoms. The standard InChI is InChI=1S/C28H52N5O8P.Na/c1-2-3-4-5-6-7-8-9-10-11-12-13-14-15-17-38-18-16-19-40-42(36,37)41-21-24(20-34)39-23-33-22-30-25-26(33)31-28(29)32-27(25)35;/h22,24,34H,2-21,23H2,1H3,(H,36,37)(H3,29,31,32,35);/q;+1/p-1. The van der Waals surface area contributed by atoms with Crippen LogP contribution in [-0.2, 0) is 29.8 Å². The van der Waals surface area contributed by atoms with E-state index in [1.165, 1.54) is 87.9 Å². The van der Waals surface area contributed by atoms with Gasteiger partial charge < -0.3 is 34.3 Å². The number of aromatic nitrogens is 4. The maximum Gasteiger partial charge on any atom is 1.00 e. The number of imidazole rings is 1. The van der Waals surface area contributed by atoms with Crippen molar-refractivity contribution in [1.29, 1.82) is 0 Å². The summed E-state index contributed by atoms with van der Waals surface area (Å²) < 4.78 is 34.2. The SMILES string of the molecule is CCCCCCCCCCCCCCCCOCCCOP(=O)([O-])OCC(CO)OCn1cnc2c(=O)[nH]c(N)nc21.[Na+]. The molecule has 4 N–H and O–H groups in total. The number of aliphatic hydroxyl groups is 1. The molecule has 0 radical (unpaired) electrons. The molecular formula is C28H51N5NaO8P. The maximum absolute atomic E-state index is 12.0. The summed E-state index contributed by atoms with van der Waals surface area (Å²) in [6, 6.07) is 0. The number of nitrogens with zero attached hydrogens (tertiary/aromatic N) is 3. The Morgan fingerprint density at radius 3 is 2.14 bits per heavy atom. The van der Waals surface area contributed by atoms with Crippen LogP contribution < -0.4 is 45.7 Å². The summed E-state index contributed by atoms with van der Waals surface area (Å²) in [6.45, 7) is 2.13.